The summed E-state index contributed by atoms with van der Waals surface area (Å²) in [5, 5.41) is 6.62. The van der Waals surface area contributed by atoms with Gasteiger partial charge in [-0.3, -0.25) is 19.2 Å². The number of anilines is 2. The van der Waals surface area contributed by atoms with E-state index < -0.39 is 11.8 Å². The minimum atomic E-state index is -0.536. The fourth-order valence-corrected chi connectivity index (χ4v) is 8.69. The van der Waals surface area contributed by atoms with Crippen LogP contribution in [0.4, 0.5) is 10.0 Å². The van der Waals surface area contributed by atoms with Crippen molar-refractivity contribution in [3.8, 4) is 0 Å². The molecule has 6 N–H and O–H groups in total. The Labute approximate surface area is 231 Å². The quantitative estimate of drug-likeness (QED) is 0.301. The highest BCUT2D eigenvalue weighted by Gasteiger charge is 2.30. The van der Waals surface area contributed by atoms with Crippen molar-refractivity contribution in [2.75, 3.05) is 10.6 Å². The number of hydrogen-bond donors (Lipinski definition) is 4. The number of nitrogens with one attached hydrogen (secondary N) is 2. The Morgan fingerprint density at radius 3 is 1.47 bits per heavy atom. The number of carbonyl (C=O) groups is 4. The Balaban J connectivity index is 1.38. The lowest BCUT2D eigenvalue weighted by Gasteiger charge is -2.21. The van der Waals surface area contributed by atoms with Crippen molar-refractivity contribution in [2.45, 2.75) is 90.9 Å². The summed E-state index contributed by atoms with van der Waals surface area (Å²) >= 11 is 2.85. The Bertz CT molecular complexity index is 1140. The molecule has 0 aromatic carbocycles. The molecule has 8 nitrogen and oxygen atoms in total. The van der Waals surface area contributed by atoms with Crippen LogP contribution < -0.4 is 22.1 Å². The summed E-state index contributed by atoms with van der Waals surface area (Å²) in [6, 6.07) is 0. The molecule has 10 heteroatoms. The van der Waals surface area contributed by atoms with Crippen molar-refractivity contribution in [3.63, 3.8) is 0 Å². The number of fused-ring (bicyclic) bond motifs is 2. The van der Waals surface area contributed by atoms with E-state index in [0.29, 0.717) is 33.0 Å². The van der Waals surface area contributed by atoms with E-state index in [2.05, 4.69) is 24.5 Å². The van der Waals surface area contributed by atoms with Crippen LogP contribution in [0, 0.1) is 11.8 Å². The highest BCUT2D eigenvalue weighted by atomic mass is 32.1. The number of hydrogen-bond acceptors (Lipinski definition) is 6. The van der Waals surface area contributed by atoms with Crippen LogP contribution in [0.3, 0.4) is 0 Å². The number of nitrogens with two attached hydrogens (primary N) is 2. The third-order valence-corrected chi connectivity index (χ3v) is 10.0. The Morgan fingerprint density at radius 2 is 1.13 bits per heavy atom. The molecule has 0 radical (unpaired) electrons. The molecule has 0 saturated carbocycles. The average molecular weight is 559 g/mol. The van der Waals surface area contributed by atoms with Crippen molar-refractivity contribution in [2.24, 2.45) is 23.3 Å². The summed E-state index contributed by atoms with van der Waals surface area (Å²) in [6.45, 7) is 4.34. The summed E-state index contributed by atoms with van der Waals surface area (Å²) < 4.78 is 0. The predicted octanol–water partition coefficient (Wildman–Crippen LogP) is 5.17. The second-order valence-electron chi connectivity index (χ2n) is 10.5. The average Bonchev–Trinajstić information content (AvgIpc) is 3.39. The van der Waals surface area contributed by atoms with Crippen LogP contribution in [0.2, 0.25) is 0 Å². The molecule has 0 saturated heterocycles. The lowest BCUT2D eigenvalue weighted by atomic mass is 9.84. The number of rotatable bonds is 11. The first-order valence-corrected chi connectivity index (χ1v) is 15.3. The van der Waals surface area contributed by atoms with Gasteiger partial charge in [0, 0.05) is 22.6 Å². The van der Waals surface area contributed by atoms with Gasteiger partial charge in [0.05, 0.1) is 11.1 Å². The monoisotopic (exact) mass is 558 g/mol. The first kappa shape index (κ1) is 28.3. The van der Waals surface area contributed by atoms with E-state index in [9.17, 15) is 19.2 Å². The molecule has 4 rings (SSSR count). The van der Waals surface area contributed by atoms with E-state index in [0.717, 1.165) is 85.1 Å². The zero-order valence-corrected chi connectivity index (χ0v) is 23.9. The van der Waals surface area contributed by atoms with Crippen molar-refractivity contribution >= 4 is 56.3 Å². The minimum Gasteiger partial charge on any atom is -0.365 e. The SMILES string of the molecule is CCCC1CCc2c(sc(NC(=O)CCC(=O)Nc3sc4c(c3C(N)=O)CCC(CCC)C4)c2C(N)=O)C1. The van der Waals surface area contributed by atoms with Gasteiger partial charge in [-0.25, -0.2) is 0 Å². The van der Waals surface area contributed by atoms with Crippen LogP contribution in [0.5, 0.6) is 0 Å². The molecule has 0 aliphatic heterocycles. The molecule has 2 heterocycles. The van der Waals surface area contributed by atoms with Crippen molar-refractivity contribution < 1.29 is 19.2 Å². The van der Waals surface area contributed by atoms with Gasteiger partial charge >= 0.3 is 0 Å². The topological polar surface area (TPSA) is 144 Å². The number of primary amides is 2. The largest absolute Gasteiger partial charge is 0.365 e. The molecule has 38 heavy (non-hydrogen) atoms. The van der Waals surface area contributed by atoms with E-state index in [1.165, 1.54) is 22.7 Å². The number of carbonyl (C=O) groups excluding carboxylic acids is 4. The molecule has 2 unspecified atom stereocenters. The summed E-state index contributed by atoms with van der Waals surface area (Å²) in [7, 11) is 0. The number of thiophene rings is 2. The highest BCUT2D eigenvalue weighted by Crippen LogP contribution is 2.42. The van der Waals surface area contributed by atoms with Gasteiger partial charge in [-0.15, -0.1) is 22.7 Å². The third-order valence-electron chi connectivity index (χ3n) is 7.71. The highest BCUT2D eigenvalue weighted by molar-refractivity contribution is 7.17. The van der Waals surface area contributed by atoms with Gasteiger partial charge in [-0.1, -0.05) is 39.5 Å². The second-order valence-corrected chi connectivity index (χ2v) is 12.7. The van der Waals surface area contributed by atoms with Gasteiger partial charge in [0.1, 0.15) is 10.0 Å². The van der Waals surface area contributed by atoms with Gasteiger partial charge in [0.2, 0.25) is 11.8 Å². The fraction of sp³-hybridized carbons (Fsp3) is 0.571. The molecule has 2 aromatic rings. The van der Waals surface area contributed by atoms with E-state index in [4.69, 9.17) is 11.5 Å². The Morgan fingerprint density at radius 1 is 0.737 bits per heavy atom. The van der Waals surface area contributed by atoms with E-state index >= 15 is 0 Å². The normalized spacial score (nSPS) is 18.4. The molecule has 2 aliphatic carbocycles. The minimum absolute atomic E-state index is 0.0549. The van der Waals surface area contributed by atoms with Crippen LogP contribution in [0.25, 0.3) is 0 Å². The lowest BCUT2D eigenvalue weighted by molar-refractivity contribution is -0.121. The zero-order valence-electron chi connectivity index (χ0n) is 22.2. The second kappa shape index (κ2) is 12.4. The molecule has 2 aromatic heterocycles. The maximum absolute atomic E-state index is 12.7. The molecule has 206 valence electrons. The van der Waals surface area contributed by atoms with Crippen LogP contribution in [0.1, 0.15) is 107 Å². The fourth-order valence-electron chi connectivity index (χ4n) is 5.92. The standard InChI is InChI=1S/C28H38N4O4S2/c1-3-5-15-7-9-17-19(13-15)37-27(23(17)25(29)35)31-21(33)11-12-22(34)32-28-24(26(30)36)18-10-8-16(6-4-2)14-20(18)38-28/h15-16H,3-14H2,1-2H3,(H2,29,35)(H2,30,36)(H,31,33)(H,32,34). The number of amides is 4. The third kappa shape index (κ3) is 6.29. The van der Waals surface area contributed by atoms with Gasteiger partial charge in [0.25, 0.3) is 11.8 Å². The van der Waals surface area contributed by atoms with Gasteiger partial charge in [0.15, 0.2) is 0 Å². The Hall–Kier alpha value is -2.72. The molecule has 2 aliphatic rings. The summed E-state index contributed by atoms with van der Waals surface area (Å²) in [5.74, 6) is -0.601. The van der Waals surface area contributed by atoms with Crippen LogP contribution in [-0.4, -0.2) is 23.6 Å². The van der Waals surface area contributed by atoms with Gasteiger partial charge in [-0.05, 0) is 61.5 Å². The van der Waals surface area contributed by atoms with E-state index in [-0.39, 0.29) is 24.7 Å². The summed E-state index contributed by atoms with van der Waals surface area (Å²) in [4.78, 5) is 52.2. The van der Waals surface area contributed by atoms with Crippen molar-refractivity contribution in [3.05, 3.63) is 32.0 Å². The van der Waals surface area contributed by atoms with E-state index in [1.807, 2.05) is 0 Å². The molecular weight excluding hydrogens is 520 g/mol. The molecule has 2 atom stereocenters. The summed E-state index contributed by atoms with van der Waals surface area (Å²) in [6.07, 6.45) is 9.83. The first-order chi connectivity index (χ1) is 18.2. The van der Waals surface area contributed by atoms with E-state index in [1.54, 1.807) is 0 Å². The van der Waals surface area contributed by atoms with Crippen molar-refractivity contribution in [1.82, 2.24) is 0 Å². The Kier molecular flexibility index (Phi) is 9.25. The van der Waals surface area contributed by atoms with Gasteiger partial charge in [-0.2, -0.15) is 0 Å². The van der Waals surface area contributed by atoms with Crippen LogP contribution in [-0.2, 0) is 35.3 Å². The maximum Gasteiger partial charge on any atom is 0.251 e. The van der Waals surface area contributed by atoms with Crippen LogP contribution >= 0.6 is 22.7 Å². The predicted molar refractivity (Wildman–Crippen MR) is 153 cm³/mol. The smallest absolute Gasteiger partial charge is 0.251 e. The van der Waals surface area contributed by atoms with Crippen LogP contribution in [0.15, 0.2) is 0 Å². The molecule has 0 bridgehead atoms. The summed E-state index contributed by atoms with van der Waals surface area (Å²) in [5.41, 5.74) is 14.1. The van der Waals surface area contributed by atoms with Gasteiger partial charge < -0.3 is 22.1 Å². The lowest BCUT2D eigenvalue weighted by Crippen LogP contribution is -2.21. The first-order valence-electron chi connectivity index (χ1n) is 13.7. The maximum atomic E-state index is 12.7. The molecular formula is C28H38N4O4S2. The van der Waals surface area contributed by atoms with Crippen molar-refractivity contribution in [1.29, 1.82) is 0 Å². The zero-order chi connectivity index (χ0) is 27.4. The molecule has 0 spiro atoms. The molecule has 4 amide bonds. The molecule has 0 fully saturated rings.